The van der Waals surface area contributed by atoms with Gasteiger partial charge in [-0.3, -0.25) is 4.79 Å². The predicted octanol–water partition coefficient (Wildman–Crippen LogP) is 4.17. The molecule has 2 aromatic rings. The number of benzene rings is 2. The second-order valence-electron chi connectivity index (χ2n) is 8.27. The largest absolute Gasteiger partial charge is 0.480 e. The fourth-order valence-electron chi connectivity index (χ4n) is 4.37. The number of hydrogen-bond acceptors (Lipinski definition) is 5. The van der Waals surface area contributed by atoms with Crippen molar-refractivity contribution in [3.05, 3.63) is 53.0 Å². The Morgan fingerprint density at radius 2 is 1.53 bits per heavy atom. The Balaban J connectivity index is 1.45. The molecule has 1 aliphatic heterocycles. The van der Waals surface area contributed by atoms with Gasteiger partial charge in [-0.2, -0.15) is 4.72 Å². The highest BCUT2D eigenvalue weighted by Gasteiger charge is 2.43. The third-order valence-corrected chi connectivity index (χ3v) is 8.16. The van der Waals surface area contributed by atoms with E-state index in [-0.39, 0.29) is 10.8 Å². The molecule has 4 rings (SSSR count). The van der Waals surface area contributed by atoms with Gasteiger partial charge < -0.3 is 14.6 Å². The SMILES string of the molecule is O=C(O)[C@H](NS(=O)(=O)c1ccc(-c2ccc(Br)cc2)cc1)C1CCC2(CC1)OCCCO2. The van der Waals surface area contributed by atoms with E-state index in [0.717, 1.165) is 22.0 Å². The highest BCUT2D eigenvalue weighted by molar-refractivity contribution is 9.10. The Bertz CT molecular complexity index is 1040. The van der Waals surface area contributed by atoms with Crippen LogP contribution in [0.4, 0.5) is 0 Å². The Hall–Kier alpha value is -1.78. The summed E-state index contributed by atoms with van der Waals surface area (Å²) < 4.78 is 40.9. The molecule has 0 bridgehead atoms. The molecule has 7 nitrogen and oxygen atoms in total. The van der Waals surface area contributed by atoms with Crippen molar-refractivity contribution in [1.82, 2.24) is 4.72 Å². The van der Waals surface area contributed by atoms with Gasteiger partial charge in [-0.25, -0.2) is 8.42 Å². The van der Waals surface area contributed by atoms with Gasteiger partial charge in [0.05, 0.1) is 18.1 Å². The summed E-state index contributed by atoms with van der Waals surface area (Å²) in [5.41, 5.74) is 1.83. The van der Waals surface area contributed by atoms with Gasteiger partial charge in [0, 0.05) is 17.3 Å². The molecular weight excluding hydrogens is 498 g/mol. The Morgan fingerprint density at radius 1 is 1.00 bits per heavy atom. The molecule has 0 unspecified atom stereocenters. The van der Waals surface area contributed by atoms with Crippen LogP contribution in [-0.2, 0) is 24.3 Å². The molecule has 1 saturated carbocycles. The molecule has 2 aromatic carbocycles. The summed E-state index contributed by atoms with van der Waals surface area (Å²) in [6, 6.07) is 12.9. The van der Waals surface area contributed by atoms with Gasteiger partial charge in [0.15, 0.2) is 5.79 Å². The molecule has 1 aliphatic carbocycles. The maximum absolute atomic E-state index is 12.9. The van der Waals surface area contributed by atoms with Crippen molar-refractivity contribution in [2.45, 2.75) is 48.8 Å². The second-order valence-corrected chi connectivity index (χ2v) is 10.9. The number of hydrogen-bond donors (Lipinski definition) is 2. The van der Waals surface area contributed by atoms with E-state index in [9.17, 15) is 18.3 Å². The Labute approximate surface area is 196 Å². The highest BCUT2D eigenvalue weighted by atomic mass is 79.9. The Kier molecular flexibility index (Phi) is 7.02. The first kappa shape index (κ1) is 23.4. The first-order valence-corrected chi connectivity index (χ1v) is 12.9. The lowest BCUT2D eigenvalue weighted by Gasteiger charge is -2.43. The molecule has 0 aromatic heterocycles. The van der Waals surface area contributed by atoms with Crippen molar-refractivity contribution in [2.75, 3.05) is 13.2 Å². The number of nitrogens with one attached hydrogen (secondary N) is 1. The third kappa shape index (κ3) is 5.23. The molecule has 1 heterocycles. The molecule has 9 heteroatoms. The van der Waals surface area contributed by atoms with Crippen molar-refractivity contribution in [3.8, 4) is 11.1 Å². The maximum Gasteiger partial charge on any atom is 0.322 e. The summed E-state index contributed by atoms with van der Waals surface area (Å²) in [6.07, 6.45) is 3.00. The van der Waals surface area contributed by atoms with Crippen molar-refractivity contribution < 1.29 is 27.8 Å². The standard InChI is InChI=1S/C23H26BrNO6S/c24-19-6-2-16(3-7-19)17-4-8-20(9-5-17)32(28,29)25-21(22(26)27)18-10-12-23(13-11-18)30-14-1-15-31-23/h2-9,18,21,25H,1,10-15H2,(H,26,27)/t21-/m1/s1. The number of rotatable bonds is 6. The van der Waals surface area contributed by atoms with Gasteiger partial charge in [0.25, 0.3) is 0 Å². The first-order valence-electron chi connectivity index (χ1n) is 10.7. The molecule has 1 atom stereocenters. The fourth-order valence-corrected chi connectivity index (χ4v) is 5.89. The predicted molar refractivity (Wildman–Crippen MR) is 123 cm³/mol. The van der Waals surface area contributed by atoms with Crippen molar-refractivity contribution in [2.24, 2.45) is 5.92 Å². The van der Waals surface area contributed by atoms with E-state index in [1.807, 2.05) is 24.3 Å². The lowest BCUT2D eigenvalue weighted by atomic mass is 9.80. The van der Waals surface area contributed by atoms with Gasteiger partial charge >= 0.3 is 5.97 Å². The van der Waals surface area contributed by atoms with Gasteiger partial charge in [-0.05, 0) is 60.6 Å². The summed E-state index contributed by atoms with van der Waals surface area (Å²) in [5, 5.41) is 9.76. The minimum absolute atomic E-state index is 0.0378. The average Bonchev–Trinajstić information content (AvgIpc) is 2.79. The molecule has 32 heavy (non-hydrogen) atoms. The summed E-state index contributed by atoms with van der Waals surface area (Å²) in [7, 11) is -3.99. The van der Waals surface area contributed by atoms with Crippen LogP contribution in [0.3, 0.4) is 0 Å². The van der Waals surface area contributed by atoms with E-state index in [4.69, 9.17) is 9.47 Å². The fraction of sp³-hybridized carbons (Fsp3) is 0.435. The molecule has 2 fully saturated rings. The van der Waals surface area contributed by atoms with E-state index in [1.165, 1.54) is 12.1 Å². The second kappa shape index (κ2) is 9.61. The zero-order chi connectivity index (χ0) is 22.8. The van der Waals surface area contributed by atoms with E-state index in [2.05, 4.69) is 20.7 Å². The molecule has 0 radical (unpaired) electrons. The van der Waals surface area contributed by atoms with E-state index < -0.39 is 27.8 Å². The number of sulfonamides is 1. The van der Waals surface area contributed by atoms with Gasteiger partial charge in [0.1, 0.15) is 6.04 Å². The van der Waals surface area contributed by atoms with Crippen LogP contribution in [0.5, 0.6) is 0 Å². The van der Waals surface area contributed by atoms with Crippen molar-refractivity contribution in [3.63, 3.8) is 0 Å². The van der Waals surface area contributed by atoms with Gasteiger partial charge in [-0.1, -0.05) is 40.2 Å². The van der Waals surface area contributed by atoms with Crippen LogP contribution in [0.2, 0.25) is 0 Å². The molecule has 1 spiro atoms. The van der Waals surface area contributed by atoms with Crippen molar-refractivity contribution in [1.29, 1.82) is 0 Å². The molecule has 172 valence electrons. The highest BCUT2D eigenvalue weighted by Crippen LogP contribution is 2.39. The molecule has 2 N–H and O–H groups in total. The first-order chi connectivity index (χ1) is 15.3. The molecule has 0 amide bonds. The van der Waals surface area contributed by atoms with Gasteiger partial charge in [0.2, 0.25) is 10.0 Å². The van der Waals surface area contributed by atoms with Crippen LogP contribution in [0.1, 0.15) is 32.1 Å². The summed E-state index contributed by atoms with van der Waals surface area (Å²) in [5.74, 6) is -2.14. The monoisotopic (exact) mass is 523 g/mol. The van der Waals surface area contributed by atoms with Crippen LogP contribution in [0.25, 0.3) is 11.1 Å². The van der Waals surface area contributed by atoms with E-state index >= 15 is 0 Å². The number of carboxylic acids is 1. The van der Waals surface area contributed by atoms with Crippen molar-refractivity contribution >= 4 is 31.9 Å². The molecule has 2 aliphatic rings. The summed E-state index contributed by atoms with van der Waals surface area (Å²) >= 11 is 3.39. The van der Waals surface area contributed by atoms with Crippen LogP contribution in [0.15, 0.2) is 57.9 Å². The number of carboxylic acid groups (broad SMARTS) is 1. The number of ether oxygens (including phenoxy) is 2. The van der Waals surface area contributed by atoms with Crippen LogP contribution in [0, 0.1) is 5.92 Å². The average molecular weight is 524 g/mol. The van der Waals surface area contributed by atoms with Crippen LogP contribution >= 0.6 is 15.9 Å². The molecule has 1 saturated heterocycles. The number of halogens is 1. The lowest BCUT2D eigenvalue weighted by molar-refractivity contribution is -0.283. The quantitative estimate of drug-likeness (QED) is 0.588. The maximum atomic E-state index is 12.9. The minimum Gasteiger partial charge on any atom is -0.480 e. The van der Waals surface area contributed by atoms with Crippen LogP contribution < -0.4 is 4.72 Å². The topological polar surface area (TPSA) is 102 Å². The normalized spacial score (nSPS) is 20.2. The lowest BCUT2D eigenvalue weighted by Crippen LogP contribution is -2.50. The van der Waals surface area contributed by atoms with Crippen LogP contribution in [-0.4, -0.2) is 44.5 Å². The third-order valence-electron chi connectivity index (χ3n) is 6.17. The van der Waals surface area contributed by atoms with E-state index in [0.29, 0.717) is 38.9 Å². The van der Waals surface area contributed by atoms with E-state index in [1.54, 1.807) is 12.1 Å². The number of aliphatic carboxylic acids is 1. The number of carbonyl (C=O) groups is 1. The smallest absolute Gasteiger partial charge is 0.322 e. The van der Waals surface area contributed by atoms with Gasteiger partial charge in [-0.15, -0.1) is 0 Å². The Morgan fingerprint density at radius 3 is 2.06 bits per heavy atom. The summed E-state index contributed by atoms with van der Waals surface area (Å²) in [6.45, 7) is 1.27. The molecular formula is C23H26BrNO6S. The zero-order valence-corrected chi connectivity index (χ0v) is 19.9. The summed E-state index contributed by atoms with van der Waals surface area (Å²) in [4.78, 5) is 12.0. The minimum atomic E-state index is -3.99. The zero-order valence-electron chi connectivity index (χ0n) is 17.5.